The summed E-state index contributed by atoms with van der Waals surface area (Å²) in [7, 11) is -2.38. The van der Waals surface area contributed by atoms with Crippen LogP contribution in [0.5, 0.6) is 5.75 Å². The fourth-order valence-electron chi connectivity index (χ4n) is 1.50. The highest BCUT2D eigenvalue weighted by Gasteiger charge is 2.17. The Hall–Kier alpha value is -1.36. The molecule has 0 aliphatic carbocycles. The van der Waals surface area contributed by atoms with Gasteiger partial charge in [0, 0.05) is 26.7 Å². The van der Waals surface area contributed by atoms with Crippen LogP contribution in [0.15, 0.2) is 23.1 Å². The molecule has 0 saturated carbocycles. The number of benzene rings is 1. The van der Waals surface area contributed by atoms with Crippen LogP contribution in [0.4, 0.5) is 13.2 Å². The second kappa shape index (κ2) is 8.93. The van der Waals surface area contributed by atoms with Crippen LogP contribution in [-0.2, 0) is 14.8 Å². The van der Waals surface area contributed by atoms with Gasteiger partial charge in [0.2, 0.25) is 10.0 Å². The predicted octanol–water partition coefficient (Wildman–Crippen LogP) is 0.941. The molecule has 0 heterocycles. The molecule has 0 aromatic heterocycles. The van der Waals surface area contributed by atoms with Gasteiger partial charge in [-0.05, 0) is 18.2 Å². The lowest BCUT2D eigenvalue weighted by atomic mass is 10.3. The number of halogens is 3. The van der Waals surface area contributed by atoms with Gasteiger partial charge in [0.15, 0.2) is 11.6 Å². The van der Waals surface area contributed by atoms with Crippen LogP contribution < -0.4 is 14.8 Å². The number of sulfonamides is 1. The minimum Gasteiger partial charge on any atom is -0.432 e. The van der Waals surface area contributed by atoms with Crippen LogP contribution >= 0.6 is 0 Å². The maximum Gasteiger partial charge on any atom is 0.387 e. The molecular formula is C12H17F3N2O4S. The first-order valence-corrected chi connectivity index (χ1v) is 7.79. The first-order chi connectivity index (χ1) is 10.4. The summed E-state index contributed by atoms with van der Waals surface area (Å²) < 4.78 is 72.2. The smallest absolute Gasteiger partial charge is 0.387 e. The Morgan fingerprint density at radius 3 is 2.55 bits per heavy atom. The lowest BCUT2D eigenvalue weighted by molar-refractivity contribution is -0.0522. The molecule has 0 unspecified atom stereocenters. The molecule has 1 rings (SSSR count). The molecule has 0 fully saturated rings. The van der Waals surface area contributed by atoms with Crippen LogP contribution in [-0.4, -0.2) is 48.4 Å². The van der Waals surface area contributed by atoms with Gasteiger partial charge in [-0.25, -0.2) is 17.5 Å². The highest BCUT2D eigenvalue weighted by atomic mass is 32.2. The Labute approximate surface area is 126 Å². The van der Waals surface area contributed by atoms with Crippen LogP contribution in [0.2, 0.25) is 0 Å². The average Bonchev–Trinajstić information content (AvgIpc) is 2.44. The van der Waals surface area contributed by atoms with Crippen LogP contribution in [0, 0.1) is 5.82 Å². The number of nitrogens with one attached hydrogen (secondary N) is 2. The summed E-state index contributed by atoms with van der Waals surface area (Å²) in [6.07, 6.45) is 0. The molecule has 0 bridgehead atoms. The normalized spacial score (nSPS) is 11.9. The summed E-state index contributed by atoms with van der Waals surface area (Å²) in [5.74, 6) is -1.89. The van der Waals surface area contributed by atoms with Gasteiger partial charge in [-0.1, -0.05) is 0 Å². The topological polar surface area (TPSA) is 76.7 Å². The third-order valence-corrected chi connectivity index (χ3v) is 3.97. The molecule has 0 aliphatic heterocycles. The van der Waals surface area contributed by atoms with Crippen molar-refractivity contribution >= 4 is 10.0 Å². The van der Waals surface area contributed by atoms with Crippen molar-refractivity contribution < 1.29 is 31.1 Å². The van der Waals surface area contributed by atoms with E-state index in [2.05, 4.69) is 14.8 Å². The summed E-state index contributed by atoms with van der Waals surface area (Å²) in [6.45, 7) is -1.69. The van der Waals surface area contributed by atoms with Gasteiger partial charge in [-0.2, -0.15) is 8.78 Å². The number of ether oxygens (including phenoxy) is 2. The van der Waals surface area contributed by atoms with E-state index in [-0.39, 0.29) is 11.4 Å². The maximum atomic E-state index is 13.5. The molecule has 0 aliphatic rings. The second-order valence-corrected chi connectivity index (χ2v) is 5.88. The number of hydrogen-bond acceptors (Lipinski definition) is 5. The van der Waals surface area contributed by atoms with Gasteiger partial charge in [0.1, 0.15) is 0 Å². The molecule has 22 heavy (non-hydrogen) atoms. The lowest BCUT2D eigenvalue weighted by Crippen LogP contribution is -2.33. The molecule has 0 amide bonds. The fourth-order valence-corrected chi connectivity index (χ4v) is 2.54. The molecule has 1 aromatic carbocycles. The van der Waals surface area contributed by atoms with Crippen molar-refractivity contribution in [1.29, 1.82) is 0 Å². The SMILES string of the molecule is COCCNCCNS(=O)(=O)c1ccc(OC(F)F)c(F)c1. The van der Waals surface area contributed by atoms with E-state index in [1.54, 1.807) is 7.11 Å². The number of alkyl halides is 2. The first-order valence-electron chi connectivity index (χ1n) is 6.30. The van der Waals surface area contributed by atoms with E-state index in [1.807, 2.05) is 0 Å². The van der Waals surface area contributed by atoms with E-state index < -0.39 is 28.2 Å². The quantitative estimate of drug-likeness (QED) is 0.619. The fraction of sp³-hybridized carbons (Fsp3) is 0.500. The van der Waals surface area contributed by atoms with Crippen molar-refractivity contribution in [3.05, 3.63) is 24.0 Å². The van der Waals surface area contributed by atoms with E-state index in [0.717, 1.165) is 12.1 Å². The maximum absolute atomic E-state index is 13.5. The Morgan fingerprint density at radius 1 is 1.23 bits per heavy atom. The van der Waals surface area contributed by atoms with Gasteiger partial charge in [-0.3, -0.25) is 0 Å². The van der Waals surface area contributed by atoms with Crippen molar-refractivity contribution in [2.24, 2.45) is 0 Å². The summed E-state index contributed by atoms with van der Waals surface area (Å²) in [5.41, 5.74) is 0. The third-order valence-electron chi connectivity index (χ3n) is 2.51. The van der Waals surface area contributed by atoms with E-state index in [4.69, 9.17) is 4.74 Å². The summed E-state index contributed by atoms with van der Waals surface area (Å²) in [5, 5.41) is 2.92. The summed E-state index contributed by atoms with van der Waals surface area (Å²) in [6, 6.07) is 2.45. The standard InChI is InChI=1S/C12H17F3N2O4S/c1-20-7-6-16-4-5-17-22(18,19)9-2-3-11(10(13)8-9)21-12(14)15/h2-3,8,12,16-17H,4-7H2,1H3. The lowest BCUT2D eigenvalue weighted by Gasteiger charge is -2.10. The molecule has 10 heteroatoms. The van der Waals surface area contributed by atoms with Crippen molar-refractivity contribution in [3.63, 3.8) is 0 Å². The van der Waals surface area contributed by atoms with E-state index in [1.165, 1.54) is 0 Å². The van der Waals surface area contributed by atoms with Crippen molar-refractivity contribution in [2.75, 3.05) is 33.4 Å². The first kappa shape index (κ1) is 18.7. The molecule has 0 radical (unpaired) electrons. The van der Waals surface area contributed by atoms with Crippen LogP contribution in [0.25, 0.3) is 0 Å². The Balaban J connectivity index is 2.59. The largest absolute Gasteiger partial charge is 0.432 e. The predicted molar refractivity (Wildman–Crippen MR) is 73.0 cm³/mol. The molecule has 0 atom stereocenters. The van der Waals surface area contributed by atoms with Gasteiger partial charge in [0.05, 0.1) is 11.5 Å². The van der Waals surface area contributed by atoms with E-state index in [0.29, 0.717) is 25.8 Å². The van der Waals surface area contributed by atoms with Crippen molar-refractivity contribution in [1.82, 2.24) is 10.0 Å². The van der Waals surface area contributed by atoms with E-state index >= 15 is 0 Å². The third kappa shape index (κ3) is 6.18. The number of methoxy groups -OCH3 is 1. The second-order valence-electron chi connectivity index (χ2n) is 4.11. The summed E-state index contributed by atoms with van der Waals surface area (Å²) >= 11 is 0. The zero-order valence-electron chi connectivity index (χ0n) is 11.8. The van der Waals surface area contributed by atoms with Crippen LogP contribution in [0.3, 0.4) is 0 Å². The zero-order chi connectivity index (χ0) is 16.6. The number of hydrogen-bond donors (Lipinski definition) is 2. The summed E-state index contributed by atoms with van der Waals surface area (Å²) in [4.78, 5) is -0.372. The Morgan fingerprint density at radius 2 is 1.95 bits per heavy atom. The van der Waals surface area contributed by atoms with E-state index in [9.17, 15) is 21.6 Å². The van der Waals surface area contributed by atoms with Gasteiger partial charge in [0.25, 0.3) is 0 Å². The van der Waals surface area contributed by atoms with Crippen LogP contribution in [0.1, 0.15) is 0 Å². The molecule has 0 spiro atoms. The Kier molecular flexibility index (Phi) is 7.59. The highest BCUT2D eigenvalue weighted by molar-refractivity contribution is 7.89. The molecule has 0 saturated heterocycles. The van der Waals surface area contributed by atoms with Crippen molar-refractivity contribution in [2.45, 2.75) is 11.5 Å². The molecule has 126 valence electrons. The van der Waals surface area contributed by atoms with Crippen molar-refractivity contribution in [3.8, 4) is 5.75 Å². The molecule has 2 N–H and O–H groups in total. The zero-order valence-corrected chi connectivity index (χ0v) is 12.6. The number of rotatable bonds is 10. The molecule has 1 aromatic rings. The average molecular weight is 342 g/mol. The minimum absolute atomic E-state index is 0.0863. The minimum atomic E-state index is -3.93. The highest BCUT2D eigenvalue weighted by Crippen LogP contribution is 2.22. The van der Waals surface area contributed by atoms with Gasteiger partial charge >= 0.3 is 6.61 Å². The Bertz CT molecular complexity index is 569. The monoisotopic (exact) mass is 342 g/mol. The molecule has 6 nitrogen and oxygen atoms in total. The van der Waals surface area contributed by atoms with Gasteiger partial charge in [-0.15, -0.1) is 0 Å². The molecular weight excluding hydrogens is 325 g/mol. The van der Waals surface area contributed by atoms with Gasteiger partial charge < -0.3 is 14.8 Å².